The van der Waals surface area contributed by atoms with E-state index in [4.69, 9.17) is 5.73 Å². The first-order valence-electron chi connectivity index (χ1n) is 5.09. The Morgan fingerprint density at radius 3 is 2.71 bits per heavy atom. The van der Waals surface area contributed by atoms with Crippen LogP contribution >= 0.6 is 0 Å². The average Bonchev–Trinajstić information content (AvgIpc) is 2.62. The van der Waals surface area contributed by atoms with Crippen molar-refractivity contribution in [3.8, 4) is 0 Å². The summed E-state index contributed by atoms with van der Waals surface area (Å²) >= 11 is 0. The largest absolute Gasteiger partial charge is 0.332 e. The van der Waals surface area contributed by atoms with Crippen molar-refractivity contribution in [3.05, 3.63) is 0 Å². The van der Waals surface area contributed by atoms with E-state index in [1.54, 1.807) is 4.90 Å². The van der Waals surface area contributed by atoms with Crippen LogP contribution in [0.25, 0.3) is 0 Å². The molecule has 0 radical (unpaired) electrons. The lowest BCUT2D eigenvalue weighted by molar-refractivity contribution is -0.136. The lowest BCUT2D eigenvalue weighted by Crippen LogP contribution is -2.48. The Hall–Kier alpha value is -0.900. The lowest BCUT2D eigenvalue weighted by atomic mass is 10.0. The van der Waals surface area contributed by atoms with Crippen molar-refractivity contribution in [1.29, 1.82) is 0 Å². The molecule has 4 heteroatoms. The molecule has 0 saturated carbocycles. The third kappa shape index (κ3) is 2.12. The Bertz CT molecular complexity index is 228. The number of aldehydes is 1. The second kappa shape index (κ2) is 4.55. The first-order valence-corrected chi connectivity index (χ1v) is 5.09. The third-order valence-corrected chi connectivity index (χ3v) is 2.74. The molecule has 1 saturated heterocycles. The molecule has 80 valence electrons. The van der Waals surface area contributed by atoms with Crippen molar-refractivity contribution in [1.82, 2.24) is 4.90 Å². The van der Waals surface area contributed by atoms with E-state index in [9.17, 15) is 9.59 Å². The van der Waals surface area contributed by atoms with E-state index in [0.29, 0.717) is 6.54 Å². The van der Waals surface area contributed by atoms with Crippen LogP contribution < -0.4 is 5.73 Å². The van der Waals surface area contributed by atoms with E-state index >= 15 is 0 Å². The van der Waals surface area contributed by atoms with Gasteiger partial charge in [0.05, 0.1) is 12.1 Å². The Balaban J connectivity index is 2.64. The molecule has 4 nitrogen and oxygen atoms in total. The highest BCUT2D eigenvalue weighted by Gasteiger charge is 2.32. The molecule has 0 aromatic carbocycles. The van der Waals surface area contributed by atoms with Gasteiger partial charge >= 0.3 is 0 Å². The number of nitrogens with zero attached hydrogens (tertiary/aromatic N) is 1. The van der Waals surface area contributed by atoms with Crippen molar-refractivity contribution in [3.63, 3.8) is 0 Å². The van der Waals surface area contributed by atoms with Crippen LogP contribution in [0.1, 0.15) is 26.7 Å². The van der Waals surface area contributed by atoms with Gasteiger partial charge in [-0.15, -0.1) is 0 Å². The molecule has 2 N–H and O–H groups in total. The molecule has 0 aromatic rings. The van der Waals surface area contributed by atoms with Gasteiger partial charge in [0.1, 0.15) is 6.29 Å². The van der Waals surface area contributed by atoms with Crippen LogP contribution in [0.4, 0.5) is 0 Å². The van der Waals surface area contributed by atoms with E-state index in [1.165, 1.54) is 0 Å². The minimum atomic E-state index is -0.476. The fraction of sp³-hybridized carbons (Fsp3) is 0.800. The maximum absolute atomic E-state index is 11.8. The van der Waals surface area contributed by atoms with Crippen molar-refractivity contribution in [2.24, 2.45) is 11.7 Å². The van der Waals surface area contributed by atoms with Crippen LogP contribution in [0.15, 0.2) is 0 Å². The summed E-state index contributed by atoms with van der Waals surface area (Å²) in [6.07, 6.45) is 2.53. The predicted octanol–water partition coefficient (Wildman–Crippen LogP) is 0.160. The number of nitrogens with two attached hydrogens (primary N) is 1. The number of carbonyl (C=O) groups excluding carboxylic acids is 2. The fourth-order valence-corrected chi connectivity index (χ4v) is 1.68. The highest BCUT2D eigenvalue weighted by atomic mass is 16.2. The molecule has 0 aliphatic carbocycles. The summed E-state index contributed by atoms with van der Waals surface area (Å²) < 4.78 is 0. The summed E-state index contributed by atoms with van der Waals surface area (Å²) in [7, 11) is 0. The summed E-state index contributed by atoms with van der Waals surface area (Å²) in [6.45, 7) is 4.49. The standard InChI is InChI=1S/C10H18N2O2/c1-7(2)9(11)10(14)12-5-3-4-8(12)6-13/h6-9H,3-5,11H2,1-2H3. The predicted molar refractivity (Wildman–Crippen MR) is 53.6 cm³/mol. The third-order valence-electron chi connectivity index (χ3n) is 2.74. The van der Waals surface area contributed by atoms with Crippen LogP contribution in [-0.2, 0) is 9.59 Å². The van der Waals surface area contributed by atoms with Crippen LogP contribution in [0.5, 0.6) is 0 Å². The van der Waals surface area contributed by atoms with Gasteiger partial charge in [-0.05, 0) is 18.8 Å². The van der Waals surface area contributed by atoms with Gasteiger partial charge in [-0.2, -0.15) is 0 Å². The highest BCUT2D eigenvalue weighted by molar-refractivity contribution is 5.85. The Kier molecular flexibility index (Phi) is 3.63. The van der Waals surface area contributed by atoms with Gasteiger partial charge < -0.3 is 15.4 Å². The molecular formula is C10H18N2O2. The normalized spacial score (nSPS) is 24.0. The number of carbonyl (C=O) groups is 2. The van der Waals surface area contributed by atoms with E-state index < -0.39 is 6.04 Å². The molecule has 0 bridgehead atoms. The zero-order valence-electron chi connectivity index (χ0n) is 8.77. The molecule has 0 spiro atoms. The van der Waals surface area contributed by atoms with Crippen LogP contribution in [0, 0.1) is 5.92 Å². The van der Waals surface area contributed by atoms with Gasteiger partial charge in [0.15, 0.2) is 0 Å². The summed E-state index contributed by atoms with van der Waals surface area (Å²) in [5.41, 5.74) is 5.75. The number of amides is 1. The Morgan fingerprint density at radius 2 is 2.21 bits per heavy atom. The van der Waals surface area contributed by atoms with Gasteiger partial charge in [0.25, 0.3) is 0 Å². The zero-order valence-corrected chi connectivity index (χ0v) is 8.77. The Labute approximate surface area is 84.4 Å². The summed E-state index contributed by atoms with van der Waals surface area (Å²) in [4.78, 5) is 24.1. The van der Waals surface area contributed by atoms with Crippen LogP contribution in [0.2, 0.25) is 0 Å². The second-order valence-corrected chi connectivity index (χ2v) is 4.15. The number of rotatable bonds is 3. The van der Waals surface area contributed by atoms with E-state index in [1.807, 2.05) is 13.8 Å². The molecule has 1 aliphatic rings. The van der Waals surface area contributed by atoms with Gasteiger partial charge in [0, 0.05) is 6.54 Å². The maximum Gasteiger partial charge on any atom is 0.240 e. The molecule has 1 fully saturated rings. The summed E-state index contributed by atoms with van der Waals surface area (Å²) in [6, 6.07) is -0.720. The molecule has 1 aliphatic heterocycles. The second-order valence-electron chi connectivity index (χ2n) is 4.15. The minimum absolute atomic E-state index is 0.0883. The number of likely N-dealkylation sites (tertiary alicyclic amines) is 1. The van der Waals surface area contributed by atoms with E-state index in [0.717, 1.165) is 19.1 Å². The van der Waals surface area contributed by atoms with Crippen molar-refractivity contribution >= 4 is 12.2 Å². The minimum Gasteiger partial charge on any atom is -0.332 e. The SMILES string of the molecule is CC(C)C(N)C(=O)N1CCCC1C=O. The van der Waals surface area contributed by atoms with Gasteiger partial charge in [0.2, 0.25) is 5.91 Å². The molecule has 1 heterocycles. The van der Waals surface area contributed by atoms with Gasteiger partial charge in [-0.3, -0.25) is 4.79 Å². The van der Waals surface area contributed by atoms with E-state index in [2.05, 4.69) is 0 Å². The molecule has 1 amide bonds. The topological polar surface area (TPSA) is 63.4 Å². The fourth-order valence-electron chi connectivity index (χ4n) is 1.68. The Morgan fingerprint density at radius 1 is 1.57 bits per heavy atom. The highest BCUT2D eigenvalue weighted by Crippen LogP contribution is 2.17. The lowest BCUT2D eigenvalue weighted by Gasteiger charge is -2.25. The molecular weight excluding hydrogens is 180 g/mol. The molecule has 0 aromatic heterocycles. The zero-order chi connectivity index (χ0) is 10.7. The number of hydrogen-bond acceptors (Lipinski definition) is 3. The van der Waals surface area contributed by atoms with Crippen molar-refractivity contribution in [2.75, 3.05) is 6.54 Å². The van der Waals surface area contributed by atoms with Crippen molar-refractivity contribution in [2.45, 2.75) is 38.8 Å². The number of hydrogen-bond donors (Lipinski definition) is 1. The quantitative estimate of drug-likeness (QED) is 0.657. The average molecular weight is 198 g/mol. The summed E-state index contributed by atoms with van der Waals surface area (Å²) in [5.74, 6) is 0.0324. The molecule has 2 atom stereocenters. The molecule has 14 heavy (non-hydrogen) atoms. The molecule has 1 rings (SSSR count). The first kappa shape index (κ1) is 11.2. The summed E-state index contributed by atoms with van der Waals surface area (Å²) in [5, 5.41) is 0. The maximum atomic E-state index is 11.8. The smallest absolute Gasteiger partial charge is 0.240 e. The van der Waals surface area contributed by atoms with Gasteiger partial charge in [-0.1, -0.05) is 13.8 Å². The molecule has 2 unspecified atom stereocenters. The van der Waals surface area contributed by atoms with Crippen molar-refractivity contribution < 1.29 is 9.59 Å². The van der Waals surface area contributed by atoms with Crippen LogP contribution in [-0.4, -0.2) is 35.7 Å². The monoisotopic (exact) mass is 198 g/mol. The van der Waals surface area contributed by atoms with Crippen LogP contribution in [0.3, 0.4) is 0 Å². The van der Waals surface area contributed by atoms with Gasteiger partial charge in [-0.25, -0.2) is 0 Å². The van der Waals surface area contributed by atoms with E-state index in [-0.39, 0.29) is 17.9 Å². The first-order chi connectivity index (χ1) is 6.57.